The van der Waals surface area contributed by atoms with Crippen LogP contribution in [0.1, 0.15) is 30.6 Å². The number of hydrogen-bond donors (Lipinski definition) is 1. The Morgan fingerprint density at radius 3 is 2.89 bits per heavy atom. The maximum Gasteiger partial charge on any atom is 0.230 e. The highest BCUT2D eigenvalue weighted by Crippen LogP contribution is 2.30. The number of nitrogens with one attached hydrogen (secondary N) is 1. The number of carbonyl (C=O) groups is 1. The van der Waals surface area contributed by atoms with Gasteiger partial charge in [0.2, 0.25) is 5.91 Å². The Balaban J connectivity index is 0.00000180. The molecule has 6 heteroatoms. The van der Waals surface area contributed by atoms with Crippen LogP contribution in [0.25, 0.3) is 0 Å². The summed E-state index contributed by atoms with van der Waals surface area (Å²) in [5.41, 5.74) is 0. The summed E-state index contributed by atoms with van der Waals surface area (Å²) in [4.78, 5) is 15.6. The number of likely N-dealkylation sites (tertiary alicyclic amines) is 1. The topological polar surface area (TPSA) is 32.3 Å². The summed E-state index contributed by atoms with van der Waals surface area (Å²) in [6, 6.07) is 4.50. The van der Waals surface area contributed by atoms with Gasteiger partial charge in [-0.15, -0.1) is 23.7 Å². The molecule has 1 aromatic heterocycles. The van der Waals surface area contributed by atoms with E-state index in [1.54, 1.807) is 11.3 Å². The van der Waals surface area contributed by atoms with Gasteiger partial charge in [-0.1, -0.05) is 0 Å². The number of rotatable bonds is 3. The third kappa shape index (κ3) is 4.18. The van der Waals surface area contributed by atoms with Gasteiger partial charge in [0.25, 0.3) is 0 Å². The van der Waals surface area contributed by atoms with Gasteiger partial charge in [0.1, 0.15) is 0 Å². The number of halogens is 2. The van der Waals surface area contributed by atoms with E-state index in [0.717, 1.165) is 28.2 Å². The van der Waals surface area contributed by atoms with Crippen LogP contribution in [0.3, 0.4) is 0 Å². The van der Waals surface area contributed by atoms with Crippen molar-refractivity contribution in [2.45, 2.75) is 31.7 Å². The monoisotopic (exact) mass is 366 g/mol. The molecule has 0 spiro atoms. The van der Waals surface area contributed by atoms with Crippen molar-refractivity contribution in [2.24, 2.45) is 0 Å². The van der Waals surface area contributed by atoms with E-state index in [2.05, 4.69) is 21.2 Å². The van der Waals surface area contributed by atoms with E-state index >= 15 is 0 Å². The van der Waals surface area contributed by atoms with Crippen LogP contribution in [0.2, 0.25) is 0 Å². The third-order valence-electron chi connectivity index (χ3n) is 3.53. The fourth-order valence-corrected chi connectivity index (χ4v) is 3.84. The van der Waals surface area contributed by atoms with Gasteiger partial charge in [-0.05, 0) is 54.9 Å². The second kappa shape index (κ2) is 7.62. The molecule has 2 heterocycles. The second-order valence-electron chi connectivity index (χ2n) is 4.78. The first kappa shape index (κ1) is 17.0. The summed E-state index contributed by atoms with van der Waals surface area (Å²) in [6.07, 6.45) is 2.26. The van der Waals surface area contributed by atoms with Crippen molar-refractivity contribution in [2.75, 3.05) is 20.1 Å². The molecular weight excluding hydrogens is 348 g/mol. The van der Waals surface area contributed by atoms with Crippen LogP contribution in [0.5, 0.6) is 0 Å². The Labute approximate surface area is 133 Å². The second-order valence-corrected chi connectivity index (χ2v) is 7.27. The number of carbonyl (C=O) groups excluding carboxylic acids is 1. The van der Waals surface area contributed by atoms with Crippen molar-refractivity contribution in [3.8, 4) is 0 Å². The smallest absolute Gasteiger partial charge is 0.230 e. The van der Waals surface area contributed by atoms with Crippen LogP contribution < -0.4 is 5.32 Å². The number of likely N-dealkylation sites (N-methyl/N-ethyl adjacent to an activating group) is 1. The minimum Gasteiger partial charge on any atom is -0.341 e. The van der Waals surface area contributed by atoms with Gasteiger partial charge < -0.3 is 10.2 Å². The molecule has 1 amide bonds. The fourth-order valence-electron chi connectivity index (χ4n) is 2.37. The van der Waals surface area contributed by atoms with E-state index < -0.39 is 0 Å². The molecule has 0 saturated carbocycles. The summed E-state index contributed by atoms with van der Waals surface area (Å²) in [7, 11) is 1.97. The predicted molar refractivity (Wildman–Crippen MR) is 86.3 cm³/mol. The zero-order chi connectivity index (χ0) is 13.1. The molecule has 0 bridgehead atoms. The first-order valence-corrected chi connectivity index (χ1v) is 7.94. The minimum absolute atomic E-state index is 0. The highest BCUT2D eigenvalue weighted by atomic mass is 79.9. The molecule has 3 nitrogen and oxygen atoms in total. The van der Waals surface area contributed by atoms with Crippen LogP contribution in [0.15, 0.2) is 15.9 Å². The van der Waals surface area contributed by atoms with Crippen LogP contribution in [-0.4, -0.2) is 37.0 Å². The molecule has 2 atom stereocenters. The van der Waals surface area contributed by atoms with Crippen LogP contribution >= 0.6 is 39.7 Å². The van der Waals surface area contributed by atoms with E-state index in [1.165, 1.54) is 6.42 Å². The SMILES string of the molecule is CNC1CCCN(C(=O)C(C)c2ccc(Br)s2)C1.Cl. The van der Waals surface area contributed by atoms with Crippen molar-refractivity contribution < 1.29 is 4.79 Å². The molecular formula is C13H20BrClN2OS. The maximum absolute atomic E-state index is 12.5. The lowest BCUT2D eigenvalue weighted by Crippen LogP contribution is -2.48. The molecule has 2 unspecified atom stereocenters. The molecule has 0 radical (unpaired) electrons. The molecule has 1 aliphatic rings. The van der Waals surface area contributed by atoms with E-state index in [4.69, 9.17) is 0 Å². The van der Waals surface area contributed by atoms with Gasteiger partial charge in [-0.3, -0.25) is 4.79 Å². The number of piperidine rings is 1. The Morgan fingerprint density at radius 1 is 1.58 bits per heavy atom. The summed E-state index contributed by atoms with van der Waals surface area (Å²) in [6.45, 7) is 3.74. The molecule has 0 aliphatic carbocycles. The Kier molecular flexibility index (Phi) is 6.80. The normalized spacial score (nSPS) is 20.8. The van der Waals surface area contributed by atoms with E-state index in [-0.39, 0.29) is 24.2 Å². The predicted octanol–water partition coefficient (Wildman–Crippen LogP) is 3.25. The van der Waals surface area contributed by atoms with E-state index in [9.17, 15) is 4.79 Å². The van der Waals surface area contributed by atoms with Crippen molar-refractivity contribution >= 4 is 45.6 Å². The van der Waals surface area contributed by atoms with Gasteiger partial charge in [0.15, 0.2) is 0 Å². The average Bonchev–Trinajstić information content (AvgIpc) is 2.83. The average molecular weight is 368 g/mol. The number of amides is 1. The lowest BCUT2D eigenvalue weighted by Gasteiger charge is -2.34. The standard InChI is InChI=1S/C13H19BrN2OS.ClH/c1-9(11-5-6-12(14)18-11)13(17)16-7-3-4-10(8-16)15-2;/h5-6,9-10,15H,3-4,7-8H2,1-2H3;1H. The molecule has 108 valence electrons. The lowest BCUT2D eigenvalue weighted by atomic mass is 10.0. The molecule has 0 aromatic carbocycles. The quantitative estimate of drug-likeness (QED) is 0.889. The van der Waals surface area contributed by atoms with E-state index in [0.29, 0.717) is 6.04 Å². The molecule has 1 N–H and O–H groups in total. The van der Waals surface area contributed by atoms with Crippen molar-refractivity contribution in [1.82, 2.24) is 10.2 Å². The highest BCUT2D eigenvalue weighted by molar-refractivity contribution is 9.11. The Hall–Kier alpha value is -0.100. The lowest BCUT2D eigenvalue weighted by molar-refractivity contribution is -0.133. The molecule has 2 rings (SSSR count). The van der Waals surface area contributed by atoms with Gasteiger partial charge >= 0.3 is 0 Å². The van der Waals surface area contributed by atoms with Crippen LogP contribution in [0.4, 0.5) is 0 Å². The third-order valence-corrected chi connectivity index (χ3v) is 5.34. The molecule has 19 heavy (non-hydrogen) atoms. The minimum atomic E-state index is -0.0306. The van der Waals surface area contributed by atoms with Crippen molar-refractivity contribution in [1.29, 1.82) is 0 Å². The molecule has 1 aliphatic heterocycles. The van der Waals surface area contributed by atoms with Crippen molar-refractivity contribution in [3.05, 3.63) is 20.8 Å². The number of thiophene rings is 1. The van der Waals surface area contributed by atoms with E-state index in [1.807, 2.05) is 31.0 Å². The van der Waals surface area contributed by atoms with Gasteiger partial charge in [-0.25, -0.2) is 0 Å². The summed E-state index contributed by atoms with van der Waals surface area (Å²) >= 11 is 5.10. The first-order chi connectivity index (χ1) is 8.61. The zero-order valence-corrected chi connectivity index (χ0v) is 14.4. The Morgan fingerprint density at radius 2 is 2.32 bits per heavy atom. The summed E-state index contributed by atoms with van der Waals surface area (Å²) in [5, 5.41) is 3.27. The number of hydrogen-bond acceptors (Lipinski definition) is 3. The largest absolute Gasteiger partial charge is 0.341 e. The van der Waals surface area contributed by atoms with Crippen LogP contribution in [-0.2, 0) is 4.79 Å². The summed E-state index contributed by atoms with van der Waals surface area (Å²) in [5.74, 6) is 0.223. The van der Waals surface area contributed by atoms with Crippen molar-refractivity contribution in [3.63, 3.8) is 0 Å². The first-order valence-electron chi connectivity index (χ1n) is 6.33. The summed E-state index contributed by atoms with van der Waals surface area (Å²) < 4.78 is 1.09. The number of nitrogens with zero attached hydrogens (tertiary/aromatic N) is 1. The van der Waals surface area contributed by atoms with Gasteiger partial charge in [0, 0.05) is 24.0 Å². The highest BCUT2D eigenvalue weighted by Gasteiger charge is 2.27. The maximum atomic E-state index is 12.5. The molecule has 1 fully saturated rings. The Bertz CT molecular complexity index is 427. The molecule has 1 saturated heterocycles. The molecule has 1 aromatic rings. The fraction of sp³-hybridized carbons (Fsp3) is 0.615. The zero-order valence-electron chi connectivity index (χ0n) is 11.2. The van der Waals surface area contributed by atoms with Gasteiger partial charge in [0.05, 0.1) is 9.70 Å². The van der Waals surface area contributed by atoms with Crippen LogP contribution in [0, 0.1) is 0 Å². The van der Waals surface area contributed by atoms with Gasteiger partial charge in [-0.2, -0.15) is 0 Å².